The smallest absolute Gasteiger partial charge is 0.545 e. The molecule has 0 spiro atoms. The summed E-state index contributed by atoms with van der Waals surface area (Å²) in [7, 11) is 0. The van der Waals surface area contributed by atoms with E-state index in [1.165, 1.54) is 24.3 Å². The van der Waals surface area contributed by atoms with Crippen LogP contribution in [0.4, 0.5) is 0 Å². The molecule has 0 aromatic heterocycles. The van der Waals surface area contributed by atoms with Gasteiger partial charge in [0.1, 0.15) is 23.0 Å². The summed E-state index contributed by atoms with van der Waals surface area (Å²) in [6.45, 7) is 7.37. The van der Waals surface area contributed by atoms with Crippen LogP contribution in [0.25, 0.3) is 0 Å². The number of para-hydroxylation sites is 4. The summed E-state index contributed by atoms with van der Waals surface area (Å²) in [5.74, 6) is -6.10. The molecule has 0 fully saturated rings. The number of carbonyl (C=O) groups is 4. The van der Waals surface area contributed by atoms with Gasteiger partial charge >= 0.3 is 27.3 Å². The first-order valence-corrected chi connectivity index (χ1v) is 14.7. The van der Waals surface area contributed by atoms with Crippen molar-refractivity contribution in [1.29, 1.82) is 0 Å². The molecule has 0 heterocycles. The van der Waals surface area contributed by atoms with Gasteiger partial charge in [-0.2, -0.15) is 0 Å². The van der Waals surface area contributed by atoms with Gasteiger partial charge in [0, 0.05) is 22.3 Å². The van der Waals surface area contributed by atoms with Gasteiger partial charge in [-0.3, -0.25) is 0 Å². The topological polar surface area (TPSA) is 241 Å². The molecule has 4 rings (SSSR count). The number of carboxylic acid groups (broad SMARTS) is 4. The molecule has 0 aliphatic rings. The predicted octanol–water partition coefficient (Wildman–Crippen LogP) is 0.892. The zero-order chi connectivity index (χ0) is 36.6. The van der Waals surface area contributed by atoms with Crippen LogP contribution in [0.3, 0.4) is 0 Å². The van der Waals surface area contributed by atoms with Crippen LogP contribution in [-0.2, 0) is 25.7 Å². The van der Waals surface area contributed by atoms with Crippen molar-refractivity contribution >= 4 is 51.2 Å². The Balaban J connectivity index is 0.000000623. The van der Waals surface area contributed by atoms with E-state index in [0.29, 0.717) is 47.9 Å². The van der Waals surface area contributed by atoms with Crippen LogP contribution in [0, 0.1) is 0 Å². The van der Waals surface area contributed by atoms with Gasteiger partial charge in [0.2, 0.25) is 0 Å². The number of aromatic carboxylic acids is 4. The first-order chi connectivity index (χ1) is 22.7. The monoisotopic (exact) mass is 868 g/mol. The Hall–Kier alpha value is -5.12. The molecule has 13 heteroatoms. The Morgan fingerprint density at radius 2 is 0.571 bits per heavy atom. The summed E-state index contributed by atoms with van der Waals surface area (Å²) in [5.41, 5.74) is 1.91. The minimum atomic E-state index is -1.34. The molecule has 0 radical (unpaired) electrons. The van der Waals surface area contributed by atoms with Gasteiger partial charge in [-0.25, -0.2) is 0 Å². The summed E-state index contributed by atoms with van der Waals surface area (Å²) < 4.78 is 0. The van der Waals surface area contributed by atoms with Crippen LogP contribution >= 0.6 is 0 Å². The standard InChI is InChI=1S/4C9H10O3.Pb/c4*1-2-6-4-3-5-7(8(6)10)9(11)12;/h4*3-5,10H,2H2,1H3,(H,11,12);/q;;;;+4/p-4. The van der Waals surface area contributed by atoms with Crippen molar-refractivity contribution in [1.82, 2.24) is 0 Å². The fourth-order valence-corrected chi connectivity index (χ4v) is 4.17. The van der Waals surface area contributed by atoms with Gasteiger partial charge in [0.25, 0.3) is 0 Å². The van der Waals surface area contributed by atoms with Crippen molar-refractivity contribution in [3.63, 3.8) is 0 Å². The molecule has 4 N–H and O–H groups in total. The van der Waals surface area contributed by atoms with E-state index >= 15 is 0 Å². The first kappa shape index (κ1) is 43.9. The molecule has 4 aromatic carbocycles. The maximum atomic E-state index is 10.4. The molecule has 0 aliphatic carbocycles. The maximum Gasteiger partial charge on any atom is 4.00 e. The minimum absolute atomic E-state index is 0. The number of carbonyl (C=O) groups excluding carboxylic acids is 4. The van der Waals surface area contributed by atoms with Crippen LogP contribution < -0.4 is 20.4 Å². The molecule has 49 heavy (non-hydrogen) atoms. The molecule has 0 unspecified atom stereocenters. The fraction of sp³-hybridized carbons (Fsp3) is 0.222. The molecule has 12 nitrogen and oxygen atoms in total. The average molecular weight is 868 g/mol. The van der Waals surface area contributed by atoms with E-state index < -0.39 is 23.9 Å². The molecule has 4 aromatic rings. The predicted molar refractivity (Wildman–Crippen MR) is 173 cm³/mol. The number of benzene rings is 4. The van der Waals surface area contributed by atoms with Crippen molar-refractivity contribution < 1.29 is 60.0 Å². The van der Waals surface area contributed by atoms with Gasteiger partial charge in [0.15, 0.2) is 0 Å². The molecule has 0 bridgehead atoms. The SMILES string of the molecule is CCc1cccc(C(=O)[O-])c1O.CCc1cccc(C(=O)[O-])c1O.CCc1cccc(C(=O)[O-])c1O.CCc1cccc(C(=O)[O-])c1O.[Pb+4]. The van der Waals surface area contributed by atoms with E-state index in [2.05, 4.69) is 0 Å². The van der Waals surface area contributed by atoms with Crippen molar-refractivity contribution in [2.45, 2.75) is 53.4 Å². The Morgan fingerprint density at radius 1 is 0.408 bits per heavy atom. The van der Waals surface area contributed by atoms with Gasteiger partial charge < -0.3 is 60.0 Å². The summed E-state index contributed by atoms with van der Waals surface area (Å²) in [6, 6.07) is 18.4. The van der Waals surface area contributed by atoms with E-state index in [1.54, 1.807) is 48.5 Å². The van der Waals surface area contributed by atoms with Gasteiger partial charge in [-0.05, 0) is 72.2 Å². The number of phenols is 4. The summed E-state index contributed by atoms with van der Waals surface area (Å²) in [5, 5.41) is 79.0. The van der Waals surface area contributed by atoms with Gasteiger partial charge in [-0.15, -0.1) is 0 Å². The van der Waals surface area contributed by atoms with Crippen molar-refractivity contribution in [2.75, 3.05) is 0 Å². The second-order valence-corrected chi connectivity index (χ2v) is 9.82. The molecule has 256 valence electrons. The van der Waals surface area contributed by atoms with Crippen molar-refractivity contribution in [2.24, 2.45) is 0 Å². The first-order valence-electron chi connectivity index (χ1n) is 14.7. The quantitative estimate of drug-likeness (QED) is 0.181. The number of aryl methyl sites for hydroxylation is 4. The fourth-order valence-electron chi connectivity index (χ4n) is 4.17. The Morgan fingerprint density at radius 3 is 0.694 bits per heavy atom. The van der Waals surface area contributed by atoms with Crippen LogP contribution in [-0.4, -0.2) is 71.6 Å². The van der Waals surface area contributed by atoms with Crippen molar-refractivity contribution in [3.05, 3.63) is 117 Å². The number of hydrogen-bond acceptors (Lipinski definition) is 12. The molecular formula is C36H36O12Pb. The van der Waals surface area contributed by atoms with Crippen LogP contribution in [0.1, 0.15) is 91.4 Å². The largest absolute Gasteiger partial charge is 4.00 e. The Bertz CT molecular complexity index is 1480. The third-order valence-corrected chi connectivity index (χ3v) is 6.88. The number of aromatic hydroxyl groups is 4. The van der Waals surface area contributed by atoms with Crippen LogP contribution in [0.2, 0.25) is 0 Å². The molecule has 0 saturated carbocycles. The molecule has 0 saturated heterocycles. The van der Waals surface area contributed by atoms with Gasteiger partial charge in [-0.1, -0.05) is 76.2 Å². The Kier molecular flexibility index (Phi) is 19.4. The van der Waals surface area contributed by atoms with E-state index in [9.17, 15) is 60.0 Å². The maximum absolute atomic E-state index is 10.4. The molecule has 0 amide bonds. The van der Waals surface area contributed by atoms with Crippen LogP contribution in [0.15, 0.2) is 72.8 Å². The van der Waals surface area contributed by atoms with Gasteiger partial charge in [0.05, 0.1) is 23.9 Å². The number of carboxylic acids is 4. The molecule has 0 atom stereocenters. The zero-order valence-corrected chi connectivity index (χ0v) is 31.2. The average Bonchev–Trinajstić information content (AvgIpc) is 3.05. The number of rotatable bonds is 8. The molecular weight excluding hydrogens is 832 g/mol. The third-order valence-electron chi connectivity index (χ3n) is 6.88. The summed E-state index contributed by atoms with van der Waals surface area (Å²) in [6.07, 6.45) is 2.42. The summed E-state index contributed by atoms with van der Waals surface area (Å²) >= 11 is 0. The zero-order valence-electron chi connectivity index (χ0n) is 27.3. The Labute approximate surface area is 303 Å². The minimum Gasteiger partial charge on any atom is -0.545 e. The third kappa shape index (κ3) is 12.8. The van der Waals surface area contributed by atoms with E-state index in [-0.39, 0.29) is 72.6 Å². The van der Waals surface area contributed by atoms with E-state index in [1.807, 2.05) is 27.7 Å². The van der Waals surface area contributed by atoms with E-state index in [0.717, 1.165) is 0 Å². The second kappa shape index (κ2) is 21.7. The summed E-state index contributed by atoms with van der Waals surface area (Å²) in [4.78, 5) is 41.7. The molecule has 0 aliphatic heterocycles. The normalized spacial score (nSPS) is 9.55. The second-order valence-electron chi connectivity index (χ2n) is 9.82. The van der Waals surface area contributed by atoms with E-state index in [4.69, 9.17) is 0 Å². The van der Waals surface area contributed by atoms with Crippen LogP contribution in [0.5, 0.6) is 23.0 Å². The number of hydrogen-bond donors (Lipinski definition) is 4. The van der Waals surface area contributed by atoms with Crippen molar-refractivity contribution in [3.8, 4) is 23.0 Å².